The van der Waals surface area contributed by atoms with E-state index < -0.39 is 0 Å². The number of rotatable bonds is 3. The van der Waals surface area contributed by atoms with E-state index in [2.05, 4.69) is 18.8 Å². The molecule has 2 rings (SSSR count). The van der Waals surface area contributed by atoms with Crippen LogP contribution in [-0.4, -0.2) is 28.9 Å². The van der Waals surface area contributed by atoms with Gasteiger partial charge in [0.1, 0.15) is 10.7 Å². The number of hydrogen-bond donors (Lipinski definition) is 1. The summed E-state index contributed by atoms with van der Waals surface area (Å²) in [5, 5.41) is 2.66. The minimum Gasteiger partial charge on any atom is -0.337 e. The fourth-order valence-corrected chi connectivity index (χ4v) is 3.28. The summed E-state index contributed by atoms with van der Waals surface area (Å²) in [4.78, 5) is 18.6. The highest BCUT2D eigenvalue weighted by Gasteiger charge is 2.26. The largest absolute Gasteiger partial charge is 0.337 e. The Morgan fingerprint density at radius 1 is 1.42 bits per heavy atom. The van der Waals surface area contributed by atoms with Crippen molar-refractivity contribution in [3.8, 4) is 0 Å². The number of nitrogens with two attached hydrogens (primary N) is 1. The van der Waals surface area contributed by atoms with Crippen LogP contribution in [0.5, 0.6) is 0 Å². The molecule has 0 aromatic carbocycles. The summed E-state index contributed by atoms with van der Waals surface area (Å²) < 4.78 is 0. The third-order valence-electron chi connectivity index (χ3n) is 3.90. The Hall–Kier alpha value is -0.940. The molecule has 1 saturated heterocycles. The predicted octanol–water partition coefficient (Wildman–Crippen LogP) is 2.67. The van der Waals surface area contributed by atoms with Crippen molar-refractivity contribution in [2.24, 2.45) is 17.6 Å². The van der Waals surface area contributed by atoms with Crippen molar-refractivity contribution in [2.45, 2.75) is 39.7 Å². The Morgan fingerprint density at radius 3 is 2.53 bits per heavy atom. The lowest BCUT2D eigenvalue weighted by Gasteiger charge is -2.33. The van der Waals surface area contributed by atoms with Gasteiger partial charge in [-0.15, -0.1) is 11.3 Å². The Labute approximate surface area is 119 Å². The molecule has 19 heavy (non-hydrogen) atoms. The zero-order chi connectivity index (χ0) is 14.0. The third-order valence-corrected chi connectivity index (χ3v) is 4.95. The SMILES string of the molecule is CC(N)c1nc(C(=O)N2CCC(C(C)C)CC2)cs1. The summed E-state index contributed by atoms with van der Waals surface area (Å²) in [5.74, 6) is 1.52. The number of likely N-dealkylation sites (tertiary alicyclic amines) is 1. The topological polar surface area (TPSA) is 59.2 Å². The summed E-state index contributed by atoms with van der Waals surface area (Å²) in [6.07, 6.45) is 2.21. The van der Waals surface area contributed by atoms with Crippen LogP contribution in [0.4, 0.5) is 0 Å². The van der Waals surface area contributed by atoms with Crippen molar-refractivity contribution in [1.82, 2.24) is 9.88 Å². The molecular formula is C14H23N3OS. The molecule has 0 aliphatic carbocycles. The molecule has 1 aromatic heterocycles. The average molecular weight is 281 g/mol. The fraction of sp³-hybridized carbons (Fsp3) is 0.714. The summed E-state index contributed by atoms with van der Waals surface area (Å²) in [6.45, 7) is 8.12. The quantitative estimate of drug-likeness (QED) is 0.926. The van der Waals surface area contributed by atoms with Gasteiger partial charge in [0.15, 0.2) is 0 Å². The Bertz CT molecular complexity index is 434. The predicted molar refractivity (Wildman–Crippen MR) is 78.2 cm³/mol. The highest BCUT2D eigenvalue weighted by atomic mass is 32.1. The lowest BCUT2D eigenvalue weighted by atomic mass is 9.87. The maximum Gasteiger partial charge on any atom is 0.273 e. The van der Waals surface area contributed by atoms with Gasteiger partial charge < -0.3 is 10.6 Å². The average Bonchev–Trinajstić information content (AvgIpc) is 2.87. The van der Waals surface area contributed by atoms with Crippen LogP contribution >= 0.6 is 11.3 Å². The van der Waals surface area contributed by atoms with Gasteiger partial charge >= 0.3 is 0 Å². The van der Waals surface area contributed by atoms with Crippen molar-refractivity contribution in [3.63, 3.8) is 0 Å². The van der Waals surface area contributed by atoms with Crippen LogP contribution in [-0.2, 0) is 0 Å². The van der Waals surface area contributed by atoms with E-state index in [9.17, 15) is 4.79 Å². The van der Waals surface area contributed by atoms with E-state index in [1.165, 1.54) is 11.3 Å². The van der Waals surface area contributed by atoms with Crippen molar-refractivity contribution >= 4 is 17.2 Å². The Balaban J connectivity index is 1.97. The van der Waals surface area contributed by atoms with Crippen LogP contribution in [0.3, 0.4) is 0 Å². The Kier molecular flexibility index (Phi) is 4.58. The standard InChI is InChI=1S/C14H23N3OS/c1-9(2)11-4-6-17(7-5-11)14(18)12-8-19-13(16-12)10(3)15/h8-11H,4-7,15H2,1-3H3. The first-order valence-corrected chi connectivity index (χ1v) is 7.87. The Morgan fingerprint density at radius 2 is 2.05 bits per heavy atom. The van der Waals surface area contributed by atoms with E-state index in [-0.39, 0.29) is 11.9 Å². The van der Waals surface area contributed by atoms with Crippen LogP contribution in [0.1, 0.15) is 55.2 Å². The molecule has 1 fully saturated rings. The van der Waals surface area contributed by atoms with Gasteiger partial charge in [-0.3, -0.25) is 4.79 Å². The van der Waals surface area contributed by atoms with Crippen LogP contribution in [0.15, 0.2) is 5.38 Å². The van der Waals surface area contributed by atoms with E-state index >= 15 is 0 Å². The number of hydrogen-bond acceptors (Lipinski definition) is 4. The molecule has 1 aromatic rings. The zero-order valence-electron chi connectivity index (χ0n) is 11.9. The van der Waals surface area contributed by atoms with Gasteiger partial charge in [-0.05, 0) is 31.6 Å². The van der Waals surface area contributed by atoms with Crippen molar-refractivity contribution in [2.75, 3.05) is 13.1 Å². The van der Waals surface area contributed by atoms with Gasteiger partial charge in [-0.25, -0.2) is 4.98 Å². The summed E-state index contributed by atoms with van der Waals surface area (Å²) in [5.41, 5.74) is 6.34. The maximum absolute atomic E-state index is 12.3. The first kappa shape index (κ1) is 14.5. The van der Waals surface area contributed by atoms with Gasteiger partial charge in [0.05, 0.1) is 6.04 Å². The molecule has 1 aliphatic rings. The van der Waals surface area contributed by atoms with Crippen molar-refractivity contribution < 1.29 is 4.79 Å². The monoisotopic (exact) mass is 281 g/mol. The minimum absolute atomic E-state index is 0.0605. The molecule has 1 unspecified atom stereocenters. The highest BCUT2D eigenvalue weighted by molar-refractivity contribution is 7.09. The molecule has 1 atom stereocenters. The van der Waals surface area contributed by atoms with Crippen LogP contribution in [0, 0.1) is 11.8 Å². The number of nitrogens with zero attached hydrogens (tertiary/aromatic N) is 2. The molecule has 0 bridgehead atoms. The minimum atomic E-state index is -0.0989. The third kappa shape index (κ3) is 3.34. The first-order chi connectivity index (χ1) is 8.99. The van der Waals surface area contributed by atoms with Crippen LogP contribution in [0.2, 0.25) is 0 Å². The lowest BCUT2D eigenvalue weighted by Crippen LogP contribution is -2.39. The normalized spacial score (nSPS) is 18.9. The second-order valence-corrected chi connectivity index (χ2v) is 6.62. The zero-order valence-corrected chi connectivity index (χ0v) is 12.7. The van der Waals surface area contributed by atoms with Crippen LogP contribution in [0.25, 0.3) is 0 Å². The molecule has 1 amide bonds. The molecule has 106 valence electrons. The summed E-state index contributed by atoms with van der Waals surface area (Å²) in [6, 6.07) is -0.0989. The molecule has 4 nitrogen and oxygen atoms in total. The molecule has 1 aliphatic heterocycles. The second kappa shape index (κ2) is 6.01. The molecular weight excluding hydrogens is 258 g/mol. The van der Waals surface area contributed by atoms with Crippen LogP contribution < -0.4 is 5.73 Å². The molecule has 2 heterocycles. The molecule has 0 spiro atoms. The maximum atomic E-state index is 12.3. The van der Waals surface area contributed by atoms with Gasteiger partial charge in [0, 0.05) is 18.5 Å². The first-order valence-electron chi connectivity index (χ1n) is 6.99. The summed E-state index contributed by atoms with van der Waals surface area (Å²) >= 11 is 1.47. The molecule has 0 saturated carbocycles. The van der Waals surface area contributed by atoms with E-state index in [0.717, 1.165) is 36.9 Å². The summed E-state index contributed by atoms with van der Waals surface area (Å²) in [7, 11) is 0. The number of piperidine rings is 1. The fourth-order valence-electron chi connectivity index (χ4n) is 2.53. The van der Waals surface area contributed by atoms with E-state index in [1.807, 2.05) is 17.2 Å². The van der Waals surface area contributed by atoms with E-state index in [1.54, 1.807) is 0 Å². The number of carbonyl (C=O) groups is 1. The number of amides is 1. The second-order valence-electron chi connectivity index (χ2n) is 5.73. The van der Waals surface area contributed by atoms with Crippen molar-refractivity contribution in [1.29, 1.82) is 0 Å². The highest BCUT2D eigenvalue weighted by Crippen LogP contribution is 2.25. The van der Waals surface area contributed by atoms with Crippen molar-refractivity contribution in [3.05, 3.63) is 16.1 Å². The van der Waals surface area contributed by atoms with Gasteiger partial charge in [0.25, 0.3) is 5.91 Å². The van der Waals surface area contributed by atoms with Gasteiger partial charge in [-0.2, -0.15) is 0 Å². The van der Waals surface area contributed by atoms with E-state index in [0.29, 0.717) is 11.6 Å². The molecule has 2 N–H and O–H groups in total. The van der Waals surface area contributed by atoms with Gasteiger partial charge in [0.2, 0.25) is 0 Å². The number of carbonyl (C=O) groups excluding carboxylic acids is 1. The number of aromatic nitrogens is 1. The lowest BCUT2D eigenvalue weighted by molar-refractivity contribution is 0.0662. The van der Waals surface area contributed by atoms with E-state index in [4.69, 9.17) is 5.73 Å². The van der Waals surface area contributed by atoms with Gasteiger partial charge in [-0.1, -0.05) is 13.8 Å². The molecule has 5 heteroatoms. The molecule has 0 radical (unpaired) electrons. The smallest absolute Gasteiger partial charge is 0.273 e. The number of thiazole rings is 1.